The molecule has 0 spiro atoms. The van der Waals surface area contributed by atoms with Crippen molar-refractivity contribution in [2.24, 2.45) is 11.8 Å². The first-order chi connectivity index (χ1) is 13.9. The van der Waals surface area contributed by atoms with Gasteiger partial charge in [-0.15, -0.1) is 0 Å². The van der Waals surface area contributed by atoms with Crippen LogP contribution in [0.3, 0.4) is 0 Å². The van der Waals surface area contributed by atoms with E-state index in [2.05, 4.69) is 25.9 Å². The molecule has 4 N–H and O–H groups in total. The molecule has 8 nitrogen and oxygen atoms in total. The zero-order valence-corrected chi connectivity index (χ0v) is 16.9. The topological polar surface area (TPSA) is 112 Å². The highest BCUT2D eigenvalue weighted by Gasteiger charge is 2.34. The minimum absolute atomic E-state index is 0.0293. The Balaban J connectivity index is 1.42. The van der Waals surface area contributed by atoms with Crippen LogP contribution in [0.4, 0.5) is 0 Å². The summed E-state index contributed by atoms with van der Waals surface area (Å²) in [4.78, 5) is 16.9. The van der Waals surface area contributed by atoms with E-state index in [0.717, 1.165) is 18.4 Å². The average molecular weight is 416 g/mol. The first kappa shape index (κ1) is 20.0. The summed E-state index contributed by atoms with van der Waals surface area (Å²) < 4.78 is 27.6. The molecule has 29 heavy (non-hydrogen) atoms. The molecule has 0 bridgehead atoms. The Kier molecular flexibility index (Phi) is 5.64. The lowest BCUT2D eigenvalue weighted by atomic mass is 9.95. The first-order valence-electron chi connectivity index (χ1n) is 9.75. The maximum atomic E-state index is 12.7. The maximum Gasteiger partial charge on any atom is 0.252 e. The Morgan fingerprint density at radius 2 is 1.93 bits per heavy atom. The molecule has 1 saturated carbocycles. The van der Waals surface area contributed by atoms with Gasteiger partial charge >= 0.3 is 0 Å². The molecule has 9 heteroatoms. The number of amides is 1. The normalized spacial score (nSPS) is 24.4. The van der Waals surface area contributed by atoms with Gasteiger partial charge in [0.1, 0.15) is 0 Å². The zero-order valence-electron chi connectivity index (χ0n) is 16.1. The smallest absolute Gasteiger partial charge is 0.252 e. The fraction of sp³-hybridized carbons (Fsp3) is 0.400. The van der Waals surface area contributed by atoms with Crippen LogP contribution in [-0.4, -0.2) is 32.0 Å². The van der Waals surface area contributed by atoms with Gasteiger partial charge in [-0.1, -0.05) is 13.0 Å². The standard InChI is InChI=1S/C20H25N5O3S/c1-13-18(15-7-9-21-10-8-15)24-25-19(13)23-20(26)16-3-2-4-17(11-16)29(27,28)22-12-14-5-6-14/h2-4,7-11,13-14,18-19,22,24-25H,5-6,12H2,1H3,(H,23,26). The van der Waals surface area contributed by atoms with E-state index in [1.165, 1.54) is 12.1 Å². The van der Waals surface area contributed by atoms with Gasteiger partial charge in [0.15, 0.2) is 0 Å². The minimum Gasteiger partial charge on any atom is -0.335 e. The maximum absolute atomic E-state index is 12.7. The third kappa shape index (κ3) is 4.64. The predicted molar refractivity (Wildman–Crippen MR) is 108 cm³/mol. The third-order valence-corrected chi connectivity index (χ3v) is 6.88. The summed E-state index contributed by atoms with van der Waals surface area (Å²) >= 11 is 0. The minimum atomic E-state index is -3.62. The molecular weight excluding hydrogens is 390 g/mol. The SMILES string of the molecule is CC1C(NC(=O)c2cccc(S(=O)(=O)NCC3CC3)c2)NNC1c1ccncc1. The molecule has 0 radical (unpaired) electrons. The number of nitrogens with one attached hydrogen (secondary N) is 4. The van der Waals surface area contributed by atoms with Crippen LogP contribution in [0.1, 0.15) is 41.7 Å². The number of pyridine rings is 1. The number of sulfonamides is 1. The summed E-state index contributed by atoms with van der Waals surface area (Å²) in [5, 5.41) is 2.94. The number of carbonyl (C=O) groups excluding carboxylic acids is 1. The van der Waals surface area contributed by atoms with Gasteiger partial charge in [0.2, 0.25) is 10.0 Å². The molecule has 1 amide bonds. The van der Waals surface area contributed by atoms with Crippen LogP contribution < -0.4 is 20.9 Å². The van der Waals surface area contributed by atoms with Crippen LogP contribution in [0, 0.1) is 11.8 Å². The predicted octanol–water partition coefficient (Wildman–Crippen LogP) is 1.31. The van der Waals surface area contributed by atoms with Crippen molar-refractivity contribution >= 4 is 15.9 Å². The second-order valence-electron chi connectivity index (χ2n) is 7.68. The molecule has 3 unspecified atom stereocenters. The van der Waals surface area contributed by atoms with Crippen LogP contribution in [-0.2, 0) is 10.0 Å². The molecular formula is C20H25N5O3S. The van der Waals surface area contributed by atoms with Crippen molar-refractivity contribution in [3.8, 4) is 0 Å². The van der Waals surface area contributed by atoms with Crippen LogP contribution in [0.2, 0.25) is 0 Å². The van der Waals surface area contributed by atoms with Crippen molar-refractivity contribution in [2.75, 3.05) is 6.54 Å². The van der Waals surface area contributed by atoms with Crippen molar-refractivity contribution in [1.82, 2.24) is 25.9 Å². The van der Waals surface area contributed by atoms with E-state index >= 15 is 0 Å². The van der Waals surface area contributed by atoms with Gasteiger partial charge < -0.3 is 5.32 Å². The van der Waals surface area contributed by atoms with Gasteiger partial charge in [0.05, 0.1) is 17.1 Å². The average Bonchev–Trinajstić information content (AvgIpc) is 3.50. The summed E-state index contributed by atoms with van der Waals surface area (Å²) in [5.74, 6) is 0.186. The largest absolute Gasteiger partial charge is 0.335 e. The van der Waals surface area contributed by atoms with E-state index in [0.29, 0.717) is 18.0 Å². The van der Waals surface area contributed by atoms with Crippen molar-refractivity contribution in [3.63, 3.8) is 0 Å². The Morgan fingerprint density at radius 1 is 1.17 bits per heavy atom. The monoisotopic (exact) mass is 415 g/mol. The fourth-order valence-electron chi connectivity index (χ4n) is 3.42. The number of hydrazine groups is 1. The van der Waals surface area contributed by atoms with Crippen LogP contribution in [0.25, 0.3) is 0 Å². The van der Waals surface area contributed by atoms with Gasteiger partial charge in [-0.3, -0.25) is 9.78 Å². The summed E-state index contributed by atoms with van der Waals surface area (Å²) in [6.07, 6.45) is 5.30. The Hall–Kier alpha value is -2.33. The summed E-state index contributed by atoms with van der Waals surface area (Å²) in [6, 6.07) is 10.0. The lowest BCUT2D eigenvalue weighted by Gasteiger charge is -2.20. The number of rotatable bonds is 7. The molecule has 154 valence electrons. The quantitative estimate of drug-likeness (QED) is 0.543. The molecule has 2 heterocycles. The molecule has 1 aliphatic carbocycles. The molecule has 1 saturated heterocycles. The molecule has 3 atom stereocenters. The highest BCUT2D eigenvalue weighted by molar-refractivity contribution is 7.89. The van der Waals surface area contributed by atoms with E-state index in [1.54, 1.807) is 24.5 Å². The molecule has 1 aromatic carbocycles. The highest BCUT2D eigenvalue weighted by Crippen LogP contribution is 2.28. The van der Waals surface area contributed by atoms with Gasteiger partial charge in [-0.2, -0.15) is 0 Å². The van der Waals surface area contributed by atoms with Crippen molar-refractivity contribution in [3.05, 3.63) is 59.9 Å². The van der Waals surface area contributed by atoms with Gasteiger partial charge in [-0.05, 0) is 54.7 Å². The van der Waals surface area contributed by atoms with Crippen molar-refractivity contribution in [2.45, 2.75) is 36.9 Å². The van der Waals surface area contributed by atoms with Crippen LogP contribution in [0.15, 0.2) is 53.7 Å². The van der Waals surface area contributed by atoms with E-state index in [9.17, 15) is 13.2 Å². The molecule has 2 aliphatic rings. The lowest BCUT2D eigenvalue weighted by molar-refractivity contribution is 0.0922. The van der Waals surface area contributed by atoms with Crippen molar-refractivity contribution in [1.29, 1.82) is 0 Å². The van der Waals surface area contributed by atoms with Gasteiger partial charge in [0, 0.05) is 30.4 Å². The van der Waals surface area contributed by atoms with Gasteiger partial charge in [-0.25, -0.2) is 24.0 Å². The molecule has 1 aromatic heterocycles. The van der Waals surface area contributed by atoms with E-state index < -0.39 is 10.0 Å². The summed E-state index contributed by atoms with van der Waals surface area (Å²) in [7, 11) is -3.62. The number of carbonyl (C=O) groups is 1. The van der Waals surface area contributed by atoms with Crippen LogP contribution in [0.5, 0.6) is 0 Å². The van der Waals surface area contributed by atoms with E-state index in [-0.39, 0.29) is 28.9 Å². The van der Waals surface area contributed by atoms with Gasteiger partial charge in [0.25, 0.3) is 5.91 Å². The number of hydrogen-bond donors (Lipinski definition) is 4. The second kappa shape index (κ2) is 8.19. The summed E-state index contributed by atoms with van der Waals surface area (Å²) in [6.45, 7) is 2.48. The number of hydrogen-bond acceptors (Lipinski definition) is 6. The molecule has 4 rings (SSSR count). The second-order valence-corrected chi connectivity index (χ2v) is 9.45. The molecule has 1 aliphatic heterocycles. The van der Waals surface area contributed by atoms with E-state index in [4.69, 9.17) is 0 Å². The number of benzene rings is 1. The molecule has 2 fully saturated rings. The Morgan fingerprint density at radius 3 is 2.66 bits per heavy atom. The Bertz CT molecular complexity index is 979. The number of nitrogens with zero attached hydrogens (tertiary/aromatic N) is 1. The zero-order chi connectivity index (χ0) is 20.4. The highest BCUT2D eigenvalue weighted by atomic mass is 32.2. The van der Waals surface area contributed by atoms with E-state index in [1.807, 2.05) is 19.1 Å². The van der Waals surface area contributed by atoms with Crippen LogP contribution >= 0.6 is 0 Å². The number of aromatic nitrogens is 1. The lowest BCUT2D eigenvalue weighted by Crippen LogP contribution is -2.46. The first-order valence-corrected chi connectivity index (χ1v) is 11.2. The molecule has 2 aromatic rings. The fourth-order valence-corrected chi connectivity index (χ4v) is 4.58. The Labute approximate surface area is 170 Å². The third-order valence-electron chi connectivity index (χ3n) is 5.46. The summed E-state index contributed by atoms with van der Waals surface area (Å²) in [5.41, 5.74) is 7.69. The van der Waals surface area contributed by atoms with Crippen molar-refractivity contribution < 1.29 is 13.2 Å².